The van der Waals surface area contributed by atoms with Gasteiger partial charge in [-0.05, 0) is 43.2 Å². The molecule has 0 unspecified atom stereocenters. The number of rotatable bonds is 8. The van der Waals surface area contributed by atoms with E-state index in [-0.39, 0.29) is 18.0 Å². The lowest BCUT2D eigenvalue weighted by molar-refractivity contribution is -0.116. The van der Waals surface area contributed by atoms with Crippen molar-refractivity contribution in [2.45, 2.75) is 25.9 Å². The Balaban J connectivity index is 1.78. The van der Waals surface area contributed by atoms with Gasteiger partial charge in [-0.25, -0.2) is 0 Å². The van der Waals surface area contributed by atoms with Crippen molar-refractivity contribution in [2.24, 2.45) is 0 Å². The summed E-state index contributed by atoms with van der Waals surface area (Å²) in [6.07, 6.45) is -3.62. The highest BCUT2D eigenvalue weighted by atomic mass is 19.4. The van der Waals surface area contributed by atoms with Gasteiger partial charge in [0.25, 0.3) is 0 Å². The number of carbonyl (C=O) groups is 1. The number of hydrogen-bond acceptors (Lipinski definition) is 3. The van der Waals surface area contributed by atoms with Crippen molar-refractivity contribution in [1.29, 1.82) is 0 Å². The molecule has 0 aliphatic rings. The van der Waals surface area contributed by atoms with Gasteiger partial charge in [0, 0.05) is 6.42 Å². The molecule has 2 rings (SSSR count). The fourth-order valence-corrected chi connectivity index (χ4v) is 2.28. The second kappa shape index (κ2) is 9.12. The highest BCUT2D eigenvalue weighted by Crippen LogP contribution is 2.23. The lowest BCUT2D eigenvalue weighted by Crippen LogP contribution is -2.22. The van der Waals surface area contributed by atoms with E-state index in [1.807, 2.05) is 31.2 Å². The number of ether oxygens (including phenoxy) is 1. The van der Waals surface area contributed by atoms with Gasteiger partial charge in [0.1, 0.15) is 12.3 Å². The van der Waals surface area contributed by atoms with Crippen LogP contribution < -0.4 is 15.4 Å². The summed E-state index contributed by atoms with van der Waals surface area (Å²) in [5.41, 5.74) is 1.64. The Hall–Kier alpha value is -2.70. The fourth-order valence-electron chi connectivity index (χ4n) is 2.28. The van der Waals surface area contributed by atoms with Crippen molar-refractivity contribution in [3.63, 3.8) is 0 Å². The summed E-state index contributed by atoms with van der Waals surface area (Å²) < 4.78 is 42.6. The zero-order valence-corrected chi connectivity index (χ0v) is 14.4. The number of alkyl halides is 3. The normalized spacial score (nSPS) is 11.1. The molecule has 0 heterocycles. The van der Waals surface area contributed by atoms with Gasteiger partial charge in [0.15, 0.2) is 0 Å². The summed E-state index contributed by atoms with van der Waals surface area (Å²) in [7, 11) is 0. The van der Waals surface area contributed by atoms with Crippen molar-refractivity contribution in [3.05, 3.63) is 54.1 Å². The molecule has 140 valence electrons. The van der Waals surface area contributed by atoms with E-state index in [0.717, 1.165) is 11.3 Å². The molecule has 0 spiro atoms. The molecule has 0 atom stereocenters. The molecular formula is C19H21F3N2O2. The molecule has 0 radical (unpaired) electrons. The van der Waals surface area contributed by atoms with Crippen LogP contribution in [0.25, 0.3) is 0 Å². The Bertz CT molecular complexity index is 733. The zero-order chi connectivity index (χ0) is 19.0. The number of nitrogens with one attached hydrogen (secondary N) is 2. The fraction of sp³-hybridized carbons (Fsp3) is 0.316. The number of anilines is 2. The molecule has 0 aliphatic carbocycles. The van der Waals surface area contributed by atoms with Crippen LogP contribution in [0.4, 0.5) is 24.5 Å². The van der Waals surface area contributed by atoms with Crippen LogP contribution in [-0.4, -0.2) is 25.2 Å². The Morgan fingerprint density at radius 2 is 1.81 bits per heavy atom. The first kappa shape index (κ1) is 19.6. The lowest BCUT2D eigenvalue weighted by Gasteiger charge is -2.14. The lowest BCUT2D eigenvalue weighted by atomic mass is 10.2. The van der Waals surface area contributed by atoms with Gasteiger partial charge in [-0.3, -0.25) is 4.79 Å². The van der Waals surface area contributed by atoms with Crippen molar-refractivity contribution < 1.29 is 22.7 Å². The highest BCUT2D eigenvalue weighted by molar-refractivity contribution is 5.94. The Morgan fingerprint density at radius 3 is 2.50 bits per heavy atom. The molecule has 0 fully saturated rings. The third-order valence-corrected chi connectivity index (χ3v) is 3.49. The van der Waals surface area contributed by atoms with Gasteiger partial charge in [-0.1, -0.05) is 24.3 Å². The SMILES string of the molecule is Cc1cccc(OCCCC(=O)Nc2ccccc2NCC(F)(F)F)c1. The van der Waals surface area contributed by atoms with Gasteiger partial charge in [-0.15, -0.1) is 0 Å². The summed E-state index contributed by atoms with van der Waals surface area (Å²) >= 11 is 0. The van der Waals surface area contributed by atoms with Crippen molar-refractivity contribution in [1.82, 2.24) is 0 Å². The number of hydrogen-bond donors (Lipinski definition) is 2. The summed E-state index contributed by atoms with van der Waals surface area (Å²) in [5.74, 6) is 0.464. The number of halogens is 3. The first-order valence-corrected chi connectivity index (χ1v) is 8.22. The van der Waals surface area contributed by atoms with E-state index in [1.165, 1.54) is 6.07 Å². The smallest absolute Gasteiger partial charge is 0.405 e. The second-order valence-electron chi connectivity index (χ2n) is 5.83. The van der Waals surface area contributed by atoms with Gasteiger partial charge in [0.2, 0.25) is 5.91 Å². The Kier molecular flexibility index (Phi) is 6.89. The van der Waals surface area contributed by atoms with Gasteiger partial charge in [-0.2, -0.15) is 13.2 Å². The van der Waals surface area contributed by atoms with E-state index >= 15 is 0 Å². The summed E-state index contributed by atoms with van der Waals surface area (Å²) in [5, 5.41) is 4.92. The van der Waals surface area contributed by atoms with Crippen LogP contribution in [0.1, 0.15) is 18.4 Å². The van der Waals surface area contributed by atoms with Crippen LogP contribution >= 0.6 is 0 Å². The van der Waals surface area contributed by atoms with E-state index in [1.54, 1.807) is 18.2 Å². The zero-order valence-electron chi connectivity index (χ0n) is 14.4. The average Bonchev–Trinajstić information content (AvgIpc) is 2.57. The number of carbonyl (C=O) groups excluding carboxylic acids is 1. The Labute approximate surface area is 150 Å². The van der Waals surface area contributed by atoms with Crippen molar-refractivity contribution in [2.75, 3.05) is 23.8 Å². The van der Waals surface area contributed by atoms with E-state index in [2.05, 4.69) is 10.6 Å². The Morgan fingerprint density at radius 1 is 1.08 bits per heavy atom. The largest absolute Gasteiger partial charge is 0.494 e. The van der Waals surface area contributed by atoms with Crippen LogP contribution in [0.5, 0.6) is 5.75 Å². The van der Waals surface area contributed by atoms with Gasteiger partial charge >= 0.3 is 6.18 Å². The van der Waals surface area contributed by atoms with E-state index in [9.17, 15) is 18.0 Å². The van der Waals surface area contributed by atoms with Crippen molar-refractivity contribution in [3.8, 4) is 5.75 Å². The molecule has 2 N–H and O–H groups in total. The molecular weight excluding hydrogens is 345 g/mol. The van der Waals surface area contributed by atoms with E-state index in [0.29, 0.717) is 18.7 Å². The number of para-hydroxylation sites is 2. The molecule has 7 heteroatoms. The summed E-state index contributed by atoms with van der Waals surface area (Å²) in [4.78, 5) is 12.0. The van der Waals surface area contributed by atoms with Crippen LogP contribution in [0.2, 0.25) is 0 Å². The molecule has 0 bridgehead atoms. The van der Waals surface area contributed by atoms with Crippen molar-refractivity contribution >= 4 is 17.3 Å². The van der Waals surface area contributed by atoms with Gasteiger partial charge in [0.05, 0.1) is 18.0 Å². The van der Waals surface area contributed by atoms with Crippen LogP contribution in [0, 0.1) is 6.92 Å². The second-order valence-corrected chi connectivity index (χ2v) is 5.83. The standard InChI is InChI=1S/C19H21F3N2O2/c1-14-6-4-7-15(12-14)26-11-5-10-18(25)24-17-9-3-2-8-16(17)23-13-19(20,21)22/h2-4,6-9,12,23H,5,10-11,13H2,1H3,(H,24,25). The van der Waals surface area contributed by atoms with E-state index < -0.39 is 12.7 Å². The topological polar surface area (TPSA) is 50.4 Å². The van der Waals surface area contributed by atoms with E-state index in [4.69, 9.17) is 4.74 Å². The maximum Gasteiger partial charge on any atom is 0.405 e. The third-order valence-electron chi connectivity index (χ3n) is 3.49. The first-order valence-electron chi connectivity index (χ1n) is 8.22. The number of amides is 1. The maximum absolute atomic E-state index is 12.3. The van der Waals surface area contributed by atoms with Crippen LogP contribution in [0.15, 0.2) is 48.5 Å². The monoisotopic (exact) mass is 366 g/mol. The predicted molar refractivity (Wildman–Crippen MR) is 95.5 cm³/mol. The average molecular weight is 366 g/mol. The molecule has 26 heavy (non-hydrogen) atoms. The van der Waals surface area contributed by atoms with Crippen LogP contribution in [0.3, 0.4) is 0 Å². The molecule has 0 saturated heterocycles. The minimum absolute atomic E-state index is 0.208. The molecule has 2 aromatic carbocycles. The van der Waals surface area contributed by atoms with Crippen LogP contribution in [-0.2, 0) is 4.79 Å². The summed E-state index contributed by atoms with van der Waals surface area (Å²) in [6.45, 7) is 1.18. The first-order chi connectivity index (χ1) is 12.3. The molecule has 2 aromatic rings. The van der Waals surface area contributed by atoms with Gasteiger partial charge < -0.3 is 15.4 Å². The summed E-state index contributed by atoms with van der Waals surface area (Å²) in [6, 6.07) is 13.9. The maximum atomic E-state index is 12.3. The number of benzene rings is 2. The molecule has 1 amide bonds. The molecule has 0 aliphatic heterocycles. The molecule has 0 saturated carbocycles. The number of aryl methyl sites for hydroxylation is 1. The molecule has 4 nitrogen and oxygen atoms in total. The third kappa shape index (κ3) is 7.04. The molecule has 0 aromatic heterocycles. The minimum Gasteiger partial charge on any atom is -0.494 e. The predicted octanol–water partition coefficient (Wildman–Crippen LogP) is 4.77. The quantitative estimate of drug-likeness (QED) is 0.662. The highest BCUT2D eigenvalue weighted by Gasteiger charge is 2.27. The minimum atomic E-state index is -4.33.